The summed E-state index contributed by atoms with van der Waals surface area (Å²) in [6, 6.07) is 8.16. The average Bonchev–Trinajstić information content (AvgIpc) is 2.75. The molecular weight excluding hydrogens is 238 g/mol. The first kappa shape index (κ1) is 14.1. The summed E-state index contributed by atoms with van der Waals surface area (Å²) in [5.74, 6) is -0.277. The summed E-state index contributed by atoms with van der Waals surface area (Å²) < 4.78 is 0. The summed E-state index contributed by atoms with van der Waals surface area (Å²) in [6.07, 6.45) is 1.98. The first-order valence-electron chi connectivity index (χ1n) is 6.97. The van der Waals surface area contributed by atoms with Crippen LogP contribution < -0.4 is 5.32 Å². The van der Waals surface area contributed by atoms with Crippen LogP contribution in [0.5, 0.6) is 0 Å². The van der Waals surface area contributed by atoms with Crippen molar-refractivity contribution in [3.63, 3.8) is 0 Å². The van der Waals surface area contributed by atoms with Gasteiger partial charge in [-0.15, -0.1) is 0 Å². The van der Waals surface area contributed by atoms with E-state index in [1.54, 1.807) is 0 Å². The Morgan fingerprint density at radius 1 is 1.37 bits per heavy atom. The van der Waals surface area contributed by atoms with Gasteiger partial charge in [-0.2, -0.15) is 0 Å². The molecule has 0 spiro atoms. The molecule has 3 heteroatoms. The monoisotopic (exact) mass is 261 g/mol. The van der Waals surface area contributed by atoms with E-state index in [1.807, 2.05) is 39.0 Å². The number of rotatable bonds is 3. The van der Waals surface area contributed by atoms with Gasteiger partial charge in [0.2, 0.25) is 5.91 Å². The SMILES string of the molecule is Cc1cccc(C(C)(C)NC(=O)C2CCCC2O)c1. The van der Waals surface area contributed by atoms with Crippen molar-refractivity contribution in [1.29, 1.82) is 0 Å². The van der Waals surface area contributed by atoms with Gasteiger partial charge in [0.15, 0.2) is 0 Å². The fraction of sp³-hybridized carbons (Fsp3) is 0.562. The molecule has 1 fully saturated rings. The van der Waals surface area contributed by atoms with Crippen LogP contribution in [-0.4, -0.2) is 17.1 Å². The zero-order valence-corrected chi connectivity index (χ0v) is 11.9. The van der Waals surface area contributed by atoms with Crippen molar-refractivity contribution in [1.82, 2.24) is 5.32 Å². The molecule has 0 radical (unpaired) electrons. The number of carbonyl (C=O) groups is 1. The predicted octanol–water partition coefficient (Wildman–Crippen LogP) is 2.51. The molecule has 1 saturated carbocycles. The Labute approximate surface area is 115 Å². The van der Waals surface area contributed by atoms with Crippen molar-refractivity contribution >= 4 is 5.91 Å². The molecule has 1 aliphatic rings. The van der Waals surface area contributed by atoms with Gasteiger partial charge in [0.05, 0.1) is 17.6 Å². The van der Waals surface area contributed by atoms with E-state index in [9.17, 15) is 9.90 Å². The maximum atomic E-state index is 12.3. The quantitative estimate of drug-likeness (QED) is 0.878. The molecule has 104 valence electrons. The van der Waals surface area contributed by atoms with E-state index >= 15 is 0 Å². The second-order valence-corrected chi connectivity index (χ2v) is 6.09. The topological polar surface area (TPSA) is 49.3 Å². The van der Waals surface area contributed by atoms with Crippen LogP contribution >= 0.6 is 0 Å². The number of aryl methyl sites for hydroxylation is 1. The van der Waals surface area contributed by atoms with Gasteiger partial charge in [-0.05, 0) is 45.6 Å². The lowest BCUT2D eigenvalue weighted by Crippen LogP contribution is -2.45. The van der Waals surface area contributed by atoms with Gasteiger partial charge >= 0.3 is 0 Å². The Kier molecular flexibility index (Phi) is 3.95. The highest BCUT2D eigenvalue weighted by molar-refractivity contribution is 5.80. The van der Waals surface area contributed by atoms with E-state index in [0.29, 0.717) is 0 Å². The molecule has 1 amide bonds. The van der Waals surface area contributed by atoms with Crippen molar-refractivity contribution in [2.24, 2.45) is 5.92 Å². The van der Waals surface area contributed by atoms with E-state index in [-0.39, 0.29) is 11.8 Å². The van der Waals surface area contributed by atoms with Crippen LogP contribution in [0.25, 0.3) is 0 Å². The molecule has 1 aromatic rings. The van der Waals surface area contributed by atoms with Crippen LogP contribution in [-0.2, 0) is 10.3 Å². The van der Waals surface area contributed by atoms with Crippen LogP contribution in [0.4, 0.5) is 0 Å². The number of amides is 1. The standard InChI is InChI=1S/C16H23NO2/c1-11-6-4-7-12(10-11)16(2,3)17-15(19)13-8-5-9-14(13)18/h4,6-7,10,13-14,18H,5,8-9H2,1-3H3,(H,17,19). The molecular formula is C16H23NO2. The van der Waals surface area contributed by atoms with Crippen molar-refractivity contribution in [2.75, 3.05) is 0 Å². The zero-order valence-electron chi connectivity index (χ0n) is 11.9. The van der Waals surface area contributed by atoms with Gasteiger partial charge in [-0.3, -0.25) is 4.79 Å². The van der Waals surface area contributed by atoms with Crippen LogP contribution in [0.15, 0.2) is 24.3 Å². The van der Waals surface area contributed by atoms with E-state index in [0.717, 1.165) is 24.8 Å². The smallest absolute Gasteiger partial charge is 0.226 e. The normalized spacial score (nSPS) is 23.4. The molecule has 2 unspecified atom stereocenters. The molecule has 2 atom stereocenters. The minimum atomic E-state index is -0.478. The van der Waals surface area contributed by atoms with Gasteiger partial charge in [-0.25, -0.2) is 0 Å². The molecule has 3 nitrogen and oxygen atoms in total. The minimum absolute atomic E-state index is 0.0310. The van der Waals surface area contributed by atoms with Crippen LogP contribution in [0.1, 0.15) is 44.2 Å². The lowest BCUT2D eigenvalue weighted by atomic mass is 9.91. The predicted molar refractivity (Wildman–Crippen MR) is 75.7 cm³/mol. The van der Waals surface area contributed by atoms with Gasteiger partial charge in [0, 0.05) is 0 Å². The Morgan fingerprint density at radius 3 is 2.68 bits per heavy atom. The van der Waals surface area contributed by atoms with E-state index in [1.165, 1.54) is 5.56 Å². The Balaban J connectivity index is 2.10. The summed E-state index contributed by atoms with van der Waals surface area (Å²) in [5, 5.41) is 12.9. The maximum Gasteiger partial charge on any atom is 0.226 e. The second-order valence-electron chi connectivity index (χ2n) is 6.09. The summed E-state index contributed by atoms with van der Waals surface area (Å²) in [5.41, 5.74) is 1.86. The number of aliphatic hydroxyl groups is 1. The molecule has 0 aromatic heterocycles. The molecule has 0 aliphatic heterocycles. The molecule has 0 saturated heterocycles. The number of aliphatic hydroxyl groups excluding tert-OH is 1. The number of hydrogen-bond donors (Lipinski definition) is 2. The lowest BCUT2D eigenvalue weighted by Gasteiger charge is -2.29. The van der Waals surface area contributed by atoms with Gasteiger partial charge in [0.25, 0.3) is 0 Å². The minimum Gasteiger partial charge on any atom is -0.392 e. The molecule has 1 aromatic carbocycles. The molecule has 2 N–H and O–H groups in total. The van der Waals surface area contributed by atoms with E-state index in [4.69, 9.17) is 0 Å². The Morgan fingerprint density at radius 2 is 2.11 bits per heavy atom. The van der Waals surface area contributed by atoms with Crippen molar-refractivity contribution in [2.45, 2.75) is 51.7 Å². The number of nitrogens with one attached hydrogen (secondary N) is 1. The van der Waals surface area contributed by atoms with Gasteiger partial charge in [0.1, 0.15) is 0 Å². The third-order valence-electron chi connectivity index (χ3n) is 3.99. The van der Waals surface area contributed by atoms with Crippen molar-refractivity contribution in [3.05, 3.63) is 35.4 Å². The highest BCUT2D eigenvalue weighted by atomic mass is 16.3. The van der Waals surface area contributed by atoms with Crippen molar-refractivity contribution < 1.29 is 9.90 Å². The average molecular weight is 261 g/mol. The largest absolute Gasteiger partial charge is 0.392 e. The summed E-state index contributed by atoms with van der Waals surface area (Å²) in [6.45, 7) is 6.05. The maximum absolute atomic E-state index is 12.3. The van der Waals surface area contributed by atoms with E-state index < -0.39 is 11.6 Å². The third kappa shape index (κ3) is 3.16. The fourth-order valence-corrected chi connectivity index (χ4v) is 2.75. The highest BCUT2D eigenvalue weighted by Gasteiger charge is 2.34. The first-order valence-corrected chi connectivity index (χ1v) is 6.97. The zero-order chi connectivity index (χ0) is 14.0. The van der Waals surface area contributed by atoms with Crippen LogP contribution in [0.2, 0.25) is 0 Å². The number of benzene rings is 1. The molecule has 2 rings (SSSR count). The number of carbonyl (C=O) groups excluding carboxylic acids is 1. The first-order chi connectivity index (χ1) is 8.90. The van der Waals surface area contributed by atoms with E-state index in [2.05, 4.69) is 11.4 Å². The molecule has 19 heavy (non-hydrogen) atoms. The second kappa shape index (κ2) is 5.33. The summed E-state index contributed by atoms with van der Waals surface area (Å²) in [7, 11) is 0. The van der Waals surface area contributed by atoms with Crippen LogP contribution in [0.3, 0.4) is 0 Å². The van der Waals surface area contributed by atoms with Gasteiger partial charge < -0.3 is 10.4 Å². The Hall–Kier alpha value is -1.35. The fourth-order valence-electron chi connectivity index (χ4n) is 2.75. The molecule has 1 aliphatic carbocycles. The summed E-state index contributed by atoms with van der Waals surface area (Å²) >= 11 is 0. The molecule has 0 bridgehead atoms. The van der Waals surface area contributed by atoms with Crippen molar-refractivity contribution in [3.8, 4) is 0 Å². The van der Waals surface area contributed by atoms with Gasteiger partial charge in [-0.1, -0.05) is 29.8 Å². The number of hydrogen-bond acceptors (Lipinski definition) is 2. The lowest BCUT2D eigenvalue weighted by molar-refractivity contribution is -0.129. The third-order valence-corrected chi connectivity index (χ3v) is 3.99. The summed E-state index contributed by atoms with van der Waals surface area (Å²) in [4.78, 5) is 12.3. The molecule has 0 heterocycles. The Bertz CT molecular complexity index is 468. The van der Waals surface area contributed by atoms with Crippen LogP contribution in [0, 0.1) is 12.8 Å². The highest BCUT2D eigenvalue weighted by Crippen LogP contribution is 2.28.